The van der Waals surface area contributed by atoms with Gasteiger partial charge in [-0.05, 0) is 36.6 Å². The number of aromatic nitrogens is 4. The van der Waals surface area contributed by atoms with E-state index in [1.165, 1.54) is 4.68 Å². The van der Waals surface area contributed by atoms with Crippen molar-refractivity contribution in [2.75, 3.05) is 12.0 Å². The maximum Gasteiger partial charge on any atom is 0.275 e. The van der Waals surface area contributed by atoms with Crippen molar-refractivity contribution in [3.63, 3.8) is 0 Å². The summed E-state index contributed by atoms with van der Waals surface area (Å²) < 4.78 is 1.20. The Morgan fingerprint density at radius 2 is 2.00 bits per heavy atom. The second kappa shape index (κ2) is 8.48. The van der Waals surface area contributed by atoms with E-state index >= 15 is 0 Å². The molecule has 0 radical (unpaired) electrons. The molecule has 4 aromatic rings. The van der Waals surface area contributed by atoms with Crippen LogP contribution in [0.2, 0.25) is 0 Å². The smallest absolute Gasteiger partial charge is 0.275 e. The van der Waals surface area contributed by atoms with Gasteiger partial charge in [0, 0.05) is 5.39 Å². The molecule has 0 spiro atoms. The summed E-state index contributed by atoms with van der Waals surface area (Å²) in [6.07, 6.45) is 4.36. The number of carbonyl (C=O) groups is 1. The minimum absolute atomic E-state index is 0.139. The van der Waals surface area contributed by atoms with Gasteiger partial charge >= 0.3 is 0 Å². The molecule has 2 aromatic heterocycles. The van der Waals surface area contributed by atoms with Gasteiger partial charge in [-0.1, -0.05) is 30.3 Å². The summed E-state index contributed by atoms with van der Waals surface area (Å²) in [5.74, 6) is 1.31. The lowest BCUT2D eigenvalue weighted by atomic mass is 10.2. The van der Waals surface area contributed by atoms with E-state index in [4.69, 9.17) is 0 Å². The molecular weight excluding hydrogens is 386 g/mol. The lowest BCUT2D eigenvalue weighted by Crippen LogP contribution is -2.36. The number of carbonyl (C=O) groups excluding carboxylic acids is 1. The van der Waals surface area contributed by atoms with Gasteiger partial charge in [-0.15, -0.1) is 0 Å². The van der Waals surface area contributed by atoms with Crippen molar-refractivity contribution in [2.24, 2.45) is 0 Å². The average molecular weight is 407 g/mol. The van der Waals surface area contributed by atoms with Gasteiger partial charge in [-0.2, -0.15) is 16.9 Å². The summed E-state index contributed by atoms with van der Waals surface area (Å²) in [7, 11) is 0. The van der Waals surface area contributed by atoms with Gasteiger partial charge in [0.25, 0.3) is 5.56 Å². The molecule has 0 unspecified atom stereocenters. The highest BCUT2D eigenvalue weighted by Crippen LogP contribution is 2.20. The van der Waals surface area contributed by atoms with Crippen LogP contribution in [0.3, 0.4) is 0 Å². The van der Waals surface area contributed by atoms with E-state index in [0.717, 1.165) is 28.6 Å². The standard InChI is InChI=1S/C21H21N5O2S/c1-29-11-10-18(20-24-16-8-4-5-9-17(16)25-20)23-19(27)13-26-21(28)15-7-3-2-6-14(15)12-22-26/h2-9,12,18H,10-11,13H2,1H3,(H,23,27)(H,24,25)/t18-/m1/s1. The van der Waals surface area contributed by atoms with E-state index in [-0.39, 0.29) is 24.1 Å². The van der Waals surface area contributed by atoms with Gasteiger partial charge in [-0.3, -0.25) is 9.59 Å². The number of aromatic amines is 1. The molecule has 29 heavy (non-hydrogen) atoms. The first kappa shape index (κ1) is 19.2. The Labute approximate surface area is 171 Å². The van der Waals surface area contributed by atoms with E-state index < -0.39 is 0 Å². The highest BCUT2D eigenvalue weighted by atomic mass is 32.2. The topological polar surface area (TPSA) is 92.7 Å². The van der Waals surface area contributed by atoms with E-state index in [2.05, 4.69) is 20.4 Å². The molecule has 2 N–H and O–H groups in total. The predicted molar refractivity (Wildman–Crippen MR) is 116 cm³/mol. The Balaban J connectivity index is 1.55. The Bertz CT molecular complexity index is 1180. The van der Waals surface area contributed by atoms with Gasteiger partial charge in [-0.25, -0.2) is 9.67 Å². The number of hydrogen-bond acceptors (Lipinski definition) is 5. The van der Waals surface area contributed by atoms with Crippen LogP contribution in [0.15, 0.2) is 59.5 Å². The number of amides is 1. The zero-order valence-corrected chi connectivity index (χ0v) is 16.8. The minimum atomic E-state index is -0.276. The number of imidazole rings is 1. The lowest BCUT2D eigenvalue weighted by Gasteiger charge is -2.16. The van der Waals surface area contributed by atoms with Crippen LogP contribution in [0, 0.1) is 0 Å². The molecule has 0 saturated heterocycles. The Morgan fingerprint density at radius 1 is 1.21 bits per heavy atom. The van der Waals surface area contributed by atoms with Gasteiger partial charge in [0.2, 0.25) is 5.91 Å². The van der Waals surface area contributed by atoms with Gasteiger partial charge in [0.1, 0.15) is 12.4 Å². The summed E-state index contributed by atoms with van der Waals surface area (Å²) in [6.45, 7) is -0.139. The third kappa shape index (κ3) is 4.17. The van der Waals surface area contributed by atoms with Crippen molar-refractivity contribution in [3.05, 3.63) is 70.9 Å². The summed E-state index contributed by atoms with van der Waals surface area (Å²) in [6, 6.07) is 14.7. The lowest BCUT2D eigenvalue weighted by molar-refractivity contribution is -0.122. The fourth-order valence-electron chi connectivity index (χ4n) is 3.27. The molecule has 0 aliphatic heterocycles. The van der Waals surface area contributed by atoms with Crippen molar-refractivity contribution in [3.8, 4) is 0 Å². The quantitative estimate of drug-likeness (QED) is 0.491. The van der Waals surface area contributed by atoms with Crippen LogP contribution in [-0.2, 0) is 11.3 Å². The van der Waals surface area contributed by atoms with Crippen LogP contribution in [0.4, 0.5) is 0 Å². The van der Waals surface area contributed by atoms with Crippen LogP contribution in [-0.4, -0.2) is 37.7 Å². The molecule has 2 heterocycles. The monoisotopic (exact) mass is 407 g/mol. The number of H-pyrrole nitrogens is 1. The second-order valence-corrected chi connectivity index (χ2v) is 7.72. The second-order valence-electron chi connectivity index (χ2n) is 6.74. The average Bonchev–Trinajstić information content (AvgIpc) is 3.17. The largest absolute Gasteiger partial charge is 0.345 e. The third-order valence-electron chi connectivity index (χ3n) is 4.74. The fourth-order valence-corrected chi connectivity index (χ4v) is 3.74. The fraction of sp³-hybridized carbons (Fsp3) is 0.238. The number of hydrogen-bond donors (Lipinski definition) is 2. The van der Waals surface area contributed by atoms with Crippen LogP contribution in [0.25, 0.3) is 21.8 Å². The van der Waals surface area contributed by atoms with Crippen molar-refractivity contribution in [2.45, 2.75) is 19.0 Å². The van der Waals surface area contributed by atoms with Crippen LogP contribution >= 0.6 is 11.8 Å². The molecular formula is C21H21N5O2S. The molecule has 1 atom stereocenters. The van der Waals surface area contributed by atoms with Crippen molar-refractivity contribution >= 4 is 39.5 Å². The number of benzene rings is 2. The van der Waals surface area contributed by atoms with E-state index in [0.29, 0.717) is 11.2 Å². The minimum Gasteiger partial charge on any atom is -0.345 e. The number of nitrogens with one attached hydrogen (secondary N) is 2. The highest BCUT2D eigenvalue weighted by molar-refractivity contribution is 7.98. The molecule has 0 aliphatic carbocycles. The first-order valence-corrected chi connectivity index (χ1v) is 10.7. The van der Waals surface area contributed by atoms with Crippen molar-refractivity contribution < 1.29 is 4.79 Å². The normalized spacial score (nSPS) is 12.3. The zero-order chi connectivity index (χ0) is 20.2. The van der Waals surface area contributed by atoms with E-state index in [1.807, 2.05) is 42.7 Å². The number of para-hydroxylation sites is 2. The number of fused-ring (bicyclic) bond motifs is 2. The molecule has 0 fully saturated rings. The molecule has 0 bridgehead atoms. The number of rotatable bonds is 7. The van der Waals surface area contributed by atoms with Crippen LogP contribution < -0.4 is 10.9 Å². The van der Waals surface area contributed by atoms with Crippen LogP contribution in [0.1, 0.15) is 18.3 Å². The Kier molecular flexibility index (Phi) is 5.62. The van der Waals surface area contributed by atoms with Gasteiger partial charge in [0.05, 0.1) is 28.7 Å². The van der Waals surface area contributed by atoms with Gasteiger partial charge in [0.15, 0.2) is 0 Å². The Morgan fingerprint density at radius 3 is 2.83 bits per heavy atom. The molecule has 148 valence electrons. The summed E-state index contributed by atoms with van der Waals surface area (Å²) >= 11 is 1.71. The molecule has 8 heteroatoms. The van der Waals surface area contributed by atoms with Gasteiger partial charge < -0.3 is 10.3 Å². The molecule has 4 rings (SSSR count). The first-order valence-electron chi connectivity index (χ1n) is 9.33. The first-order chi connectivity index (χ1) is 14.2. The highest BCUT2D eigenvalue weighted by Gasteiger charge is 2.19. The molecule has 1 amide bonds. The van der Waals surface area contributed by atoms with Crippen molar-refractivity contribution in [1.29, 1.82) is 0 Å². The Hall–Kier alpha value is -3.13. The SMILES string of the molecule is CSCC[C@@H](NC(=O)Cn1ncc2ccccc2c1=O)c1nc2ccccc2[nH]1. The predicted octanol–water partition coefficient (Wildman–Crippen LogP) is 2.88. The molecule has 7 nitrogen and oxygen atoms in total. The summed E-state index contributed by atoms with van der Waals surface area (Å²) in [4.78, 5) is 33.2. The summed E-state index contributed by atoms with van der Waals surface area (Å²) in [5.41, 5.74) is 1.51. The zero-order valence-electron chi connectivity index (χ0n) is 16.0. The third-order valence-corrected chi connectivity index (χ3v) is 5.38. The number of thioether (sulfide) groups is 1. The number of nitrogens with zero attached hydrogens (tertiary/aromatic N) is 3. The van der Waals surface area contributed by atoms with Crippen molar-refractivity contribution in [1.82, 2.24) is 25.1 Å². The maximum atomic E-state index is 12.7. The van der Waals surface area contributed by atoms with E-state index in [1.54, 1.807) is 30.1 Å². The van der Waals surface area contributed by atoms with E-state index in [9.17, 15) is 9.59 Å². The maximum absolute atomic E-state index is 12.7. The molecule has 0 aliphatic rings. The molecule has 0 saturated carbocycles. The molecule has 2 aromatic carbocycles. The van der Waals surface area contributed by atoms with Crippen LogP contribution in [0.5, 0.6) is 0 Å². The summed E-state index contributed by atoms with van der Waals surface area (Å²) in [5, 5.41) is 8.45.